The predicted octanol–water partition coefficient (Wildman–Crippen LogP) is 20.6. The van der Waals surface area contributed by atoms with Crippen molar-refractivity contribution < 1.29 is 75.8 Å². The molecule has 0 aromatic rings. The van der Waals surface area contributed by atoms with Crippen molar-refractivity contribution in [1.29, 1.82) is 0 Å². The number of aliphatic hydroxyl groups excluding tert-OH is 2. The number of carbonyl (C=O) groups is 3. The van der Waals surface area contributed by atoms with E-state index in [1.54, 1.807) is 0 Å². The number of rotatable bonds is 66. The summed E-state index contributed by atoms with van der Waals surface area (Å²) in [6, 6.07) is 0. The van der Waals surface area contributed by atoms with Crippen molar-refractivity contribution in [2.24, 2.45) is 0 Å². The molecule has 18 heteroatoms. The van der Waals surface area contributed by atoms with Gasteiger partial charge in [0.15, 0.2) is 6.10 Å². The van der Waals surface area contributed by atoms with Crippen LogP contribution in [-0.2, 0) is 55.8 Å². The molecule has 97 heavy (non-hydrogen) atoms. The standard InChI is InChI=1S/C79H126O16P2/c1-4-7-10-13-16-19-22-25-28-31-34-36-39-41-44-47-50-53-56-59-62-65-77(82)89-68-74(80)69-91-96(85,86)92-70-75(81)71-93-97(87,88)94-73-76(95-79(84)67-64-61-58-55-52-49-46-43-38-33-30-27-24-21-18-15-12-9-6-3)72-90-78(83)66-63-60-57-54-51-48-45-42-40-37-35-32-29-26-23-20-17-14-11-8-5-2/h7-12,16-21,25-30,34-38,41-45,50,53,74-76,80-81H,4-6,13-15,22-24,31-33,39-40,46-49,51-52,54-73H2,1-3H3,(H,85,86)(H,87,88)/b10-7-,11-8-,12-9-,19-16-,20-17-,21-18-,28-25-,29-26-,30-27-,36-34-,37-35-,43-38-,44-41-,45-42-,53-50-. The van der Waals surface area contributed by atoms with Gasteiger partial charge in [-0.15, -0.1) is 0 Å². The highest BCUT2D eigenvalue weighted by Crippen LogP contribution is 2.45. The summed E-state index contributed by atoms with van der Waals surface area (Å²) in [6.45, 7) is 2.21. The highest BCUT2D eigenvalue weighted by Gasteiger charge is 2.29. The molecule has 0 aliphatic carbocycles. The largest absolute Gasteiger partial charge is 0.472 e. The van der Waals surface area contributed by atoms with Crippen molar-refractivity contribution in [3.63, 3.8) is 0 Å². The van der Waals surface area contributed by atoms with Gasteiger partial charge in [-0.3, -0.25) is 32.5 Å². The number of esters is 3. The Hall–Kier alpha value is -5.35. The normalized spacial score (nSPS) is 15.2. The van der Waals surface area contributed by atoms with Crippen LogP contribution in [0.3, 0.4) is 0 Å². The molecular weight excluding hydrogens is 1270 g/mol. The first-order valence-electron chi connectivity index (χ1n) is 36.1. The van der Waals surface area contributed by atoms with Gasteiger partial charge in [-0.2, -0.15) is 0 Å². The van der Waals surface area contributed by atoms with Crippen molar-refractivity contribution in [3.05, 3.63) is 182 Å². The lowest BCUT2D eigenvalue weighted by Crippen LogP contribution is -2.30. The fourth-order valence-corrected chi connectivity index (χ4v) is 10.3. The molecule has 0 aliphatic rings. The van der Waals surface area contributed by atoms with Crippen LogP contribution < -0.4 is 0 Å². The second-order valence-corrected chi connectivity index (χ2v) is 26.1. The van der Waals surface area contributed by atoms with E-state index in [4.69, 9.17) is 32.3 Å². The Bertz CT molecular complexity index is 2490. The monoisotopic (exact) mass is 1390 g/mol. The number of unbranched alkanes of at least 4 members (excludes halogenated alkanes) is 13. The van der Waals surface area contributed by atoms with Crippen LogP contribution in [0.1, 0.15) is 239 Å². The second-order valence-electron chi connectivity index (χ2n) is 23.2. The third kappa shape index (κ3) is 71.7. The molecule has 0 aromatic heterocycles. The molecule has 548 valence electrons. The van der Waals surface area contributed by atoms with E-state index >= 15 is 0 Å². The number of ether oxygens (including phenoxy) is 3. The van der Waals surface area contributed by atoms with Gasteiger partial charge in [0.1, 0.15) is 25.4 Å². The van der Waals surface area contributed by atoms with Gasteiger partial charge in [0.25, 0.3) is 0 Å². The molecule has 0 saturated heterocycles. The fraction of sp³-hybridized carbons (Fsp3) is 0.582. The van der Waals surface area contributed by atoms with Crippen molar-refractivity contribution in [2.45, 2.75) is 257 Å². The molecule has 16 nitrogen and oxygen atoms in total. The third-order valence-electron chi connectivity index (χ3n) is 14.1. The Kier molecular flexibility index (Phi) is 66.6. The molecule has 5 unspecified atom stereocenters. The minimum Gasteiger partial charge on any atom is -0.463 e. The van der Waals surface area contributed by atoms with Gasteiger partial charge in [-0.1, -0.05) is 248 Å². The van der Waals surface area contributed by atoms with Crippen LogP contribution in [0.5, 0.6) is 0 Å². The molecule has 0 spiro atoms. The maximum atomic E-state index is 13.0. The number of phosphoric ester groups is 2. The Balaban J connectivity index is 4.81. The average molecular weight is 1390 g/mol. The first kappa shape index (κ1) is 91.6. The smallest absolute Gasteiger partial charge is 0.463 e. The van der Waals surface area contributed by atoms with Crippen molar-refractivity contribution in [3.8, 4) is 0 Å². The number of carbonyl (C=O) groups excluding carboxylic acids is 3. The Morgan fingerprint density at radius 1 is 0.289 bits per heavy atom. The highest BCUT2D eigenvalue weighted by atomic mass is 31.2. The van der Waals surface area contributed by atoms with Crippen LogP contribution in [0, 0.1) is 0 Å². The van der Waals surface area contributed by atoms with Crippen LogP contribution in [0.2, 0.25) is 0 Å². The average Bonchev–Trinajstić information content (AvgIpc) is 1.90. The number of hydrogen-bond acceptors (Lipinski definition) is 14. The minimum absolute atomic E-state index is 0.0745. The molecule has 0 fully saturated rings. The van der Waals surface area contributed by atoms with E-state index < -0.39 is 91.5 Å². The molecular formula is C79H126O16P2. The number of hydrogen-bond donors (Lipinski definition) is 4. The van der Waals surface area contributed by atoms with E-state index in [0.29, 0.717) is 19.3 Å². The van der Waals surface area contributed by atoms with Gasteiger partial charge in [-0.25, -0.2) is 9.13 Å². The molecule has 5 atom stereocenters. The molecule has 0 heterocycles. The summed E-state index contributed by atoms with van der Waals surface area (Å²) < 4.78 is 61.0. The fourth-order valence-electron chi connectivity index (χ4n) is 8.71. The van der Waals surface area contributed by atoms with Crippen molar-refractivity contribution >= 4 is 33.6 Å². The Morgan fingerprint density at radius 2 is 0.515 bits per heavy atom. The number of aliphatic hydroxyl groups is 2. The van der Waals surface area contributed by atoms with Gasteiger partial charge in [0.2, 0.25) is 0 Å². The number of allylic oxidation sites excluding steroid dienone is 30. The van der Waals surface area contributed by atoms with Gasteiger partial charge in [0, 0.05) is 19.3 Å². The molecule has 0 saturated carbocycles. The summed E-state index contributed by atoms with van der Waals surface area (Å²) in [5, 5.41) is 20.6. The summed E-state index contributed by atoms with van der Waals surface area (Å²) >= 11 is 0. The third-order valence-corrected chi connectivity index (χ3v) is 16.0. The lowest BCUT2D eigenvalue weighted by Gasteiger charge is -2.21. The van der Waals surface area contributed by atoms with E-state index in [1.165, 1.54) is 0 Å². The molecule has 4 N–H and O–H groups in total. The van der Waals surface area contributed by atoms with E-state index in [1.807, 2.05) is 0 Å². The summed E-state index contributed by atoms with van der Waals surface area (Å²) in [7, 11) is -9.83. The van der Waals surface area contributed by atoms with E-state index in [0.717, 1.165) is 180 Å². The summed E-state index contributed by atoms with van der Waals surface area (Å²) in [5.74, 6) is -1.67. The summed E-state index contributed by atoms with van der Waals surface area (Å²) in [4.78, 5) is 58.6. The zero-order valence-electron chi connectivity index (χ0n) is 59.4. The van der Waals surface area contributed by atoms with Crippen LogP contribution in [0.4, 0.5) is 0 Å². The summed E-state index contributed by atoms with van der Waals surface area (Å²) in [5.41, 5.74) is 0. The van der Waals surface area contributed by atoms with Gasteiger partial charge < -0.3 is 34.2 Å². The zero-order chi connectivity index (χ0) is 70.9. The van der Waals surface area contributed by atoms with Crippen LogP contribution in [0.25, 0.3) is 0 Å². The highest BCUT2D eigenvalue weighted by molar-refractivity contribution is 7.47. The molecule has 0 bridgehead atoms. The topological polar surface area (TPSA) is 231 Å². The van der Waals surface area contributed by atoms with Gasteiger partial charge in [0.05, 0.1) is 26.4 Å². The van der Waals surface area contributed by atoms with E-state index in [2.05, 4.69) is 203 Å². The van der Waals surface area contributed by atoms with Crippen molar-refractivity contribution in [1.82, 2.24) is 0 Å². The Labute approximate surface area is 585 Å². The predicted molar refractivity (Wildman–Crippen MR) is 398 cm³/mol. The molecule has 0 amide bonds. The minimum atomic E-state index is -4.95. The molecule has 0 aromatic carbocycles. The zero-order valence-corrected chi connectivity index (χ0v) is 61.2. The van der Waals surface area contributed by atoms with E-state index in [-0.39, 0.29) is 19.3 Å². The second kappa shape index (κ2) is 70.5. The van der Waals surface area contributed by atoms with Crippen LogP contribution >= 0.6 is 15.6 Å². The number of phosphoric acid groups is 2. The van der Waals surface area contributed by atoms with Crippen molar-refractivity contribution in [2.75, 3.05) is 39.6 Å². The van der Waals surface area contributed by atoms with Gasteiger partial charge in [-0.05, 0) is 154 Å². The maximum Gasteiger partial charge on any atom is 0.472 e. The lowest BCUT2D eigenvalue weighted by molar-refractivity contribution is -0.161. The Morgan fingerprint density at radius 3 is 0.835 bits per heavy atom. The van der Waals surface area contributed by atoms with E-state index in [9.17, 15) is 43.5 Å². The van der Waals surface area contributed by atoms with Crippen LogP contribution in [-0.4, -0.2) is 95.9 Å². The maximum absolute atomic E-state index is 13.0. The quantitative estimate of drug-likeness (QED) is 0.0146. The van der Waals surface area contributed by atoms with Crippen LogP contribution in [0.15, 0.2) is 182 Å². The van der Waals surface area contributed by atoms with Gasteiger partial charge >= 0.3 is 33.6 Å². The first-order valence-corrected chi connectivity index (χ1v) is 39.1. The molecule has 0 radical (unpaired) electrons. The lowest BCUT2D eigenvalue weighted by atomic mass is 10.1. The SMILES string of the molecule is CC/C=C\C/C=C\C/C=C\C/C=C\C/C=C\C/C=C\CCCCC(=O)OCC(O)COP(=O)(O)OCC(O)COP(=O)(O)OCC(COC(=O)CCCCCCC/C=C\C/C=C\C/C=C\C/C=C\C/C=C\CC)OC(=O)CCCCCCCC/C=C\C/C=C\C/C=C\C/C=C\CC. The summed E-state index contributed by atoms with van der Waals surface area (Å²) in [6.07, 6.45) is 89.3. The molecule has 0 aliphatic heterocycles. The first-order chi connectivity index (χ1) is 47.2. The molecule has 0 rings (SSSR count).